The smallest absolute Gasteiger partial charge is 0.137 e. The fourth-order valence-corrected chi connectivity index (χ4v) is 3.02. The van der Waals surface area contributed by atoms with E-state index in [2.05, 4.69) is 15.2 Å². The molecular weight excluding hydrogens is 324 g/mol. The van der Waals surface area contributed by atoms with E-state index in [0.717, 1.165) is 17.0 Å². The lowest BCUT2D eigenvalue weighted by Gasteiger charge is -2.19. The molecule has 2 heterocycles. The summed E-state index contributed by atoms with van der Waals surface area (Å²) in [5.41, 5.74) is 1.39. The molecule has 0 amide bonds. The highest BCUT2D eigenvalue weighted by molar-refractivity contribution is 5.78. The second-order valence-electron chi connectivity index (χ2n) is 5.87. The minimum atomic E-state index is -0.592. The molecule has 5 nitrogen and oxygen atoms in total. The van der Waals surface area contributed by atoms with Gasteiger partial charge in [0, 0.05) is 17.4 Å². The van der Waals surface area contributed by atoms with E-state index in [1.54, 1.807) is 17.2 Å². The summed E-state index contributed by atoms with van der Waals surface area (Å²) in [5.74, 6) is -1.43. The number of hydrogen-bond donors (Lipinski definition) is 0. The molecule has 2 aromatic carbocycles. The van der Waals surface area contributed by atoms with Crippen LogP contribution in [0.25, 0.3) is 10.9 Å². The van der Waals surface area contributed by atoms with Gasteiger partial charge in [0.1, 0.15) is 24.3 Å². The average molecular weight is 339 g/mol. The number of nitrogens with zero attached hydrogens (tertiary/aromatic N) is 5. The van der Waals surface area contributed by atoms with Crippen LogP contribution in [-0.4, -0.2) is 24.5 Å². The lowest BCUT2D eigenvalue weighted by molar-refractivity contribution is 0.428. The number of hydrogen-bond acceptors (Lipinski definition) is 3. The summed E-state index contributed by atoms with van der Waals surface area (Å²) >= 11 is 0. The van der Waals surface area contributed by atoms with Gasteiger partial charge in [-0.05, 0) is 17.7 Å². The third kappa shape index (κ3) is 3.13. The minimum Gasteiger partial charge on any atom is -0.264 e. The Morgan fingerprint density at radius 1 is 1.00 bits per heavy atom. The van der Waals surface area contributed by atoms with E-state index in [1.165, 1.54) is 18.5 Å². The summed E-state index contributed by atoms with van der Waals surface area (Å²) < 4.78 is 31.1. The third-order valence-electron chi connectivity index (χ3n) is 4.22. The van der Waals surface area contributed by atoms with E-state index in [-0.39, 0.29) is 5.92 Å². The lowest BCUT2D eigenvalue weighted by Crippen LogP contribution is -2.18. The zero-order valence-corrected chi connectivity index (χ0v) is 13.3. The Bertz CT molecular complexity index is 994. The van der Waals surface area contributed by atoms with Gasteiger partial charge in [0.05, 0.1) is 24.8 Å². The predicted molar refractivity (Wildman–Crippen MR) is 88.9 cm³/mol. The van der Waals surface area contributed by atoms with Gasteiger partial charge in [0.25, 0.3) is 0 Å². The van der Waals surface area contributed by atoms with Crippen molar-refractivity contribution < 1.29 is 8.78 Å². The normalized spacial score (nSPS) is 12.6. The van der Waals surface area contributed by atoms with Crippen LogP contribution in [0.3, 0.4) is 0 Å². The van der Waals surface area contributed by atoms with E-state index in [1.807, 2.05) is 28.9 Å². The molecular formula is C18H15F2N5. The molecule has 4 rings (SSSR count). The molecule has 0 radical (unpaired) electrons. The molecule has 0 aliphatic heterocycles. The molecule has 0 saturated heterocycles. The quantitative estimate of drug-likeness (QED) is 0.560. The maximum absolute atomic E-state index is 14.4. The molecule has 0 bridgehead atoms. The van der Waals surface area contributed by atoms with Crippen LogP contribution in [0.5, 0.6) is 0 Å². The van der Waals surface area contributed by atoms with Gasteiger partial charge in [-0.3, -0.25) is 9.36 Å². The summed E-state index contributed by atoms with van der Waals surface area (Å²) in [7, 11) is 0. The van der Waals surface area contributed by atoms with Crippen LogP contribution in [0.15, 0.2) is 61.3 Å². The van der Waals surface area contributed by atoms with Crippen molar-refractivity contribution in [2.75, 3.05) is 0 Å². The van der Waals surface area contributed by atoms with Crippen LogP contribution in [0, 0.1) is 11.6 Å². The van der Waals surface area contributed by atoms with Gasteiger partial charge in [-0.25, -0.2) is 13.8 Å². The van der Waals surface area contributed by atoms with E-state index in [0.29, 0.717) is 18.7 Å². The Labute approximate surface area is 142 Å². The Balaban J connectivity index is 1.72. The van der Waals surface area contributed by atoms with Crippen molar-refractivity contribution >= 4 is 10.9 Å². The van der Waals surface area contributed by atoms with Crippen molar-refractivity contribution in [2.24, 2.45) is 0 Å². The summed E-state index contributed by atoms with van der Waals surface area (Å²) in [6, 6.07) is 11.5. The Morgan fingerprint density at radius 2 is 1.88 bits per heavy atom. The van der Waals surface area contributed by atoms with Crippen LogP contribution >= 0.6 is 0 Å². The van der Waals surface area contributed by atoms with E-state index in [9.17, 15) is 8.78 Å². The first kappa shape index (κ1) is 15.4. The maximum Gasteiger partial charge on any atom is 0.137 e. The van der Waals surface area contributed by atoms with Gasteiger partial charge in [-0.2, -0.15) is 10.2 Å². The number of fused-ring (bicyclic) bond motifs is 1. The highest BCUT2D eigenvalue weighted by atomic mass is 19.1. The minimum absolute atomic E-state index is 0.273. The van der Waals surface area contributed by atoms with Crippen LogP contribution in [0.1, 0.15) is 11.5 Å². The van der Waals surface area contributed by atoms with Crippen LogP contribution < -0.4 is 0 Å². The van der Waals surface area contributed by atoms with Gasteiger partial charge >= 0.3 is 0 Å². The molecule has 0 spiro atoms. The monoisotopic (exact) mass is 339 g/mol. The highest BCUT2D eigenvalue weighted by Crippen LogP contribution is 2.25. The standard InChI is InChI=1S/C18H15F2N5/c19-15-5-6-16(17(20)7-15)14(9-24-12-21-11-23-24)10-25-18-4-2-1-3-13(18)8-22-25/h1-8,11-12,14H,9-10H2. The molecule has 0 N–H and O–H groups in total. The number of rotatable bonds is 5. The van der Waals surface area contributed by atoms with E-state index < -0.39 is 11.6 Å². The molecule has 1 unspecified atom stereocenters. The van der Waals surface area contributed by atoms with Crippen LogP contribution in [0.2, 0.25) is 0 Å². The molecule has 0 aliphatic carbocycles. The SMILES string of the molecule is Fc1ccc(C(Cn2cncn2)Cn2ncc3ccccc32)c(F)c1. The first-order chi connectivity index (χ1) is 12.2. The van der Waals surface area contributed by atoms with Crippen molar-refractivity contribution in [3.63, 3.8) is 0 Å². The van der Waals surface area contributed by atoms with Crippen molar-refractivity contribution in [3.05, 3.63) is 78.5 Å². The van der Waals surface area contributed by atoms with Crippen molar-refractivity contribution in [3.8, 4) is 0 Å². The second-order valence-corrected chi connectivity index (χ2v) is 5.87. The first-order valence-electron chi connectivity index (χ1n) is 7.88. The lowest BCUT2D eigenvalue weighted by atomic mass is 9.98. The predicted octanol–water partition coefficient (Wildman–Crippen LogP) is 3.39. The Kier molecular flexibility index (Phi) is 3.97. The topological polar surface area (TPSA) is 48.5 Å². The Morgan fingerprint density at radius 3 is 2.68 bits per heavy atom. The third-order valence-corrected chi connectivity index (χ3v) is 4.22. The summed E-state index contributed by atoms with van der Waals surface area (Å²) in [6.45, 7) is 0.854. The zero-order valence-electron chi connectivity index (χ0n) is 13.3. The van der Waals surface area contributed by atoms with Crippen molar-refractivity contribution in [1.29, 1.82) is 0 Å². The van der Waals surface area contributed by atoms with Gasteiger partial charge in [-0.15, -0.1) is 0 Å². The van der Waals surface area contributed by atoms with E-state index >= 15 is 0 Å². The van der Waals surface area contributed by atoms with Crippen LogP contribution in [0.4, 0.5) is 8.78 Å². The molecule has 1 atom stereocenters. The summed E-state index contributed by atoms with van der Waals surface area (Å²) in [4.78, 5) is 3.93. The maximum atomic E-state index is 14.4. The average Bonchev–Trinajstić information content (AvgIpc) is 3.25. The van der Waals surface area contributed by atoms with Crippen molar-refractivity contribution in [2.45, 2.75) is 19.0 Å². The van der Waals surface area contributed by atoms with E-state index in [4.69, 9.17) is 0 Å². The Hall–Kier alpha value is -3.09. The molecule has 0 aliphatic rings. The fraction of sp³-hybridized carbons (Fsp3) is 0.167. The number of para-hydroxylation sites is 1. The van der Waals surface area contributed by atoms with Gasteiger partial charge in [0.15, 0.2) is 0 Å². The highest BCUT2D eigenvalue weighted by Gasteiger charge is 2.19. The molecule has 4 aromatic rings. The molecule has 126 valence electrons. The van der Waals surface area contributed by atoms with Gasteiger partial charge < -0.3 is 0 Å². The van der Waals surface area contributed by atoms with Gasteiger partial charge in [0.2, 0.25) is 0 Å². The van der Waals surface area contributed by atoms with Gasteiger partial charge in [-0.1, -0.05) is 24.3 Å². The largest absolute Gasteiger partial charge is 0.264 e. The molecule has 2 aromatic heterocycles. The molecule has 25 heavy (non-hydrogen) atoms. The number of benzene rings is 2. The second kappa shape index (κ2) is 6.43. The first-order valence-corrected chi connectivity index (χ1v) is 7.88. The summed E-state index contributed by atoms with van der Waals surface area (Å²) in [5, 5.41) is 9.53. The number of halogens is 2. The molecule has 0 saturated carbocycles. The number of aromatic nitrogens is 5. The summed E-state index contributed by atoms with van der Waals surface area (Å²) in [6.07, 6.45) is 4.79. The van der Waals surface area contributed by atoms with Crippen LogP contribution in [-0.2, 0) is 13.1 Å². The van der Waals surface area contributed by atoms with Crippen molar-refractivity contribution in [1.82, 2.24) is 24.5 Å². The zero-order chi connectivity index (χ0) is 17.2. The molecule has 0 fully saturated rings. The molecule has 7 heteroatoms. The fourth-order valence-electron chi connectivity index (χ4n) is 3.02.